The third-order valence-corrected chi connectivity index (χ3v) is 3.19. The van der Waals surface area contributed by atoms with Crippen LogP contribution in [0.3, 0.4) is 0 Å². The highest BCUT2D eigenvalue weighted by Gasteiger charge is 2.26. The Kier molecular flexibility index (Phi) is 4.49. The highest BCUT2D eigenvalue weighted by atomic mass is 32.1. The first-order valence-corrected chi connectivity index (χ1v) is 6.92. The first kappa shape index (κ1) is 14.9. The summed E-state index contributed by atoms with van der Waals surface area (Å²) in [6.45, 7) is 2.98. The lowest BCUT2D eigenvalue weighted by Gasteiger charge is -2.04. The number of rotatable bonds is 4. The number of anilines is 1. The van der Waals surface area contributed by atoms with Crippen molar-refractivity contribution in [2.24, 2.45) is 0 Å². The number of carbonyl (C=O) groups is 2. The Morgan fingerprint density at radius 2 is 2.24 bits per heavy atom. The molecule has 0 aliphatic carbocycles. The van der Waals surface area contributed by atoms with Crippen molar-refractivity contribution in [3.8, 4) is 22.1 Å². The molecular weight excluding hydrogens is 298 g/mol. The molecule has 0 aromatic carbocycles. The van der Waals surface area contributed by atoms with E-state index < -0.39 is 12.1 Å². The summed E-state index contributed by atoms with van der Waals surface area (Å²) >= 11 is 1.32. The van der Waals surface area contributed by atoms with Gasteiger partial charge in [0.25, 0.3) is 5.88 Å². The van der Waals surface area contributed by atoms with Gasteiger partial charge in [-0.15, -0.1) is 11.3 Å². The fourth-order valence-electron chi connectivity index (χ4n) is 1.56. The fourth-order valence-corrected chi connectivity index (χ4v) is 2.27. The van der Waals surface area contributed by atoms with E-state index in [9.17, 15) is 14.7 Å². The van der Waals surface area contributed by atoms with Gasteiger partial charge in [-0.05, 0) is 18.4 Å². The average molecular weight is 311 g/mol. The standard InChI is InChI=1S/C13H13NO6S/c1-3-18-13(17)14-12-11(19-7(2)15)9(16)10(20-12)8-5-4-6-21-8/h4-6,16H,3H2,1-2H3,(H,14,17). The minimum atomic E-state index is -0.780. The largest absolute Gasteiger partial charge is 0.501 e. The molecule has 0 spiro atoms. The molecule has 2 aromatic rings. The number of amides is 1. The summed E-state index contributed by atoms with van der Waals surface area (Å²) in [7, 11) is 0. The van der Waals surface area contributed by atoms with Crippen LogP contribution in [-0.4, -0.2) is 23.8 Å². The van der Waals surface area contributed by atoms with E-state index in [1.807, 2.05) is 0 Å². The summed E-state index contributed by atoms with van der Waals surface area (Å²) in [6, 6.07) is 3.49. The third-order valence-electron chi connectivity index (χ3n) is 2.32. The van der Waals surface area contributed by atoms with Crippen LogP contribution in [-0.2, 0) is 9.53 Å². The van der Waals surface area contributed by atoms with E-state index in [4.69, 9.17) is 13.9 Å². The Balaban J connectivity index is 2.39. The van der Waals surface area contributed by atoms with Crippen molar-refractivity contribution in [1.29, 1.82) is 0 Å². The Morgan fingerprint density at radius 3 is 2.81 bits per heavy atom. The quantitative estimate of drug-likeness (QED) is 0.841. The Bertz CT molecular complexity index is 646. The number of esters is 1. The van der Waals surface area contributed by atoms with E-state index in [-0.39, 0.29) is 29.8 Å². The van der Waals surface area contributed by atoms with E-state index in [0.717, 1.165) is 0 Å². The molecule has 0 aliphatic heterocycles. The SMILES string of the molecule is CCOC(=O)Nc1oc(-c2cccs2)c(O)c1OC(C)=O. The zero-order valence-corrected chi connectivity index (χ0v) is 12.2. The van der Waals surface area contributed by atoms with Crippen molar-refractivity contribution in [2.75, 3.05) is 11.9 Å². The predicted molar refractivity (Wildman–Crippen MR) is 75.6 cm³/mol. The Labute approximate surface area is 124 Å². The molecular formula is C13H13NO6S. The monoisotopic (exact) mass is 311 g/mol. The van der Waals surface area contributed by atoms with Gasteiger partial charge in [0.05, 0.1) is 11.5 Å². The highest BCUT2D eigenvalue weighted by molar-refractivity contribution is 7.13. The number of aromatic hydroxyl groups is 1. The van der Waals surface area contributed by atoms with Gasteiger partial charge in [-0.25, -0.2) is 4.79 Å². The number of carbonyl (C=O) groups excluding carboxylic acids is 2. The molecule has 0 aliphatic rings. The lowest BCUT2D eigenvalue weighted by atomic mass is 10.3. The lowest BCUT2D eigenvalue weighted by Crippen LogP contribution is -2.14. The number of hydrogen-bond acceptors (Lipinski definition) is 7. The van der Waals surface area contributed by atoms with Crippen molar-refractivity contribution in [1.82, 2.24) is 0 Å². The fraction of sp³-hybridized carbons (Fsp3) is 0.231. The highest BCUT2D eigenvalue weighted by Crippen LogP contribution is 2.47. The molecule has 0 radical (unpaired) electrons. The first-order chi connectivity index (χ1) is 10.0. The van der Waals surface area contributed by atoms with E-state index in [0.29, 0.717) is 4.88 Å². The minimum absolute atomic E-state index is 0.105. The summed E-state index contributed by atoms with van der Waals surface area (Å²) in [6.07, 6.45) is -0.780. The van der Waals surface area contributed by atoms with Crippen LogP contribution in [0.5, 0.6) is 11.5 Å². The number of ether oxygens (including phenoxy) is 2. The van der Waals surface area contributed by atoms with Crippen LogP contribution in [0.1, 0.15) is 13.8 Å². The molecule has 0 unspecified atom stereocenters. The number of hydrogen-bond donors (Lipinski definition) is 2. The van der Waals surface area contributed by atoms with Crippen LogP contribution in [0.25, 0.3) is 10.6 Å². The number of thiophene rings is 1. The van der Waals surface area contributed by atoms with Gasteiger partial charge in [-0.1, -0.05) is 6.07 Å². The zero-order valence-electron chi connectivity index (χ0n) is 11.3. The van der Waals surface area contributed by atoms with Gasteiger partial charge in [0, 0.05) is 6.92 Å². The van der Waals surface area contributed by atoms with Gasteiger partial charge in [-0.2, -0.15) is 0 Å². The van der Waals surface area contributed by atoms with Crippen molar-refractivity contribution in [3.63, 3.8) is 0 Å². The molecule has 2 aromatic heterocycles. The summed E-state index contributed by atoms with van der Waals surface area (Å²) in [5.74, 6) is -1.35. The third kappa shape index (κ3) is 3.34. The Morgan fingerprint density at radius 1 is 1.48 bits per heavy atom. The molecule has 0 saturated heterocycles. The molecule has 0 bridgehead atoms. The van der Waals surface area contributed by atoms with E-state index in [1.54, 1.807) is 24.4 Å². The normalized spacial score (nSPS) is 10.2. The molecule has 0 fully saturated rings. The van der Waals surface area contributed by atoms with Crippen LogP contribution in [0, 0.1) is 0 Å². The molecule has 2 N–H and O–H groups in total. The van der Waals surface area contributed by atoms with Crippen molar-refractivity contribution >= 4 is 29.3 Å². The molecule has 1 amide bonds. The summed E-state index contributed by atoms with van der Waals surface area (Å²) in [4.78, 5) is 23.2. The van der Waals surface area contributed by atoms with Gasteiger partial charge >= 0.3 is 12.1 Å². The van der Waals surface area contributed by atoms with E-state index >= 15 is 0 Å². The maximum absolute atomic E-state index is 11.4. The lowest BCUT2D eigenvalue weighted by molar-refractivity contribution is -0.132. The van der Waals surface area contributed by atoms with Gasteiger partial charge < -0.3 is 19.0 Å². The van der Waals surface area contributed by atoms with Crippen molar-refractivity contribution in [3.05, 3.63) is 17.5 Å². The van der Waals surface area contributed by atoms with Gasteiger partial charge in [0.15, 0.2) is 5.76 Å². The summed E-state index contributed by atoms with van der Waals surface area (Å²) in [5, 5.41) is 14.2. The predicted octanol–water partition coefficient (Wildman–Crippen LogP) is 3.21. The minimum Gasteiger partial charge on any atom is -0.501 e. The Hall–Kier alpha value is -2.48. The molecule has 7 nitrogen and oxygen atoms in total. The molecule has 8 heteroatoms. The number of furan rings is 1. The second-order valence-corrected chi connectivity index (χ2v) is 4.80. The van der Waals surface area contributed by atoms with Crippen LogP contribution >= 0.6 is 11.3 Å². The van der Waals surface area contributed by atoms with Crippen LogP contribution in [0.4, 0.5) is 10.7 Å². The average Bonchev–Trinajstić information content (AvgIpc) is 3.02. The number of nitrogens with one attached hydrogen (secondary N) is 1. The van der Waals surface area contributed by atoms with Crippen LogP contribution in [0.2, 0.25) is 0 Å². The maximum Gasteiger partial charge on any atom is 0.414 e. The van der Waals surface area contributed by atoms with Crippen molar-refractivity contribution < 1.29 is 28.6 Å². The van der Waals surface area contributed by atoms with Gasteiger partial charge in [-0.3, -0.25) is 10.1 Å². The summed E-state index contributed by atoms with van der Waals surface area (Å²) < 4.78 is 15.0. The van der Waals surface area contributed by atoms with Crippen LogP contribution < -0.4 is 10.1 Å². The smallest absolute Gasteiger partial charge is 0.414 e. The molecule has 2 heterocycles. The zero-order chi connectivity index (χ0) is 15.4. The van der Waals surface area contributed by atoms with Gasteiger partial charge in [0.2, 0.25) is 11.5 Å². The molecule has 21 heavy (non-hydrogen) atoms. The van der Waals surface area contributed by atoms with E-state index in [1.165, 1.54) is 18.3 Å². The molecule has 112 valence electrons. The second kappa shape index (κ2) is 6.31. The maximum atomic E-state index is 11.4. The molecule has 0 atom stereocenters. The van der Waals surface area contributed by atoms with Crippen molar-refractivity contribution in [2.45, 2.75) is 13.8 Å². The molecule has 2 rings (SSSR count). The summed E-state index contributed by atoms with van der Waals surface area (Å²) in [5.41, 5.74) is 0. The first-order valence-electron chi connectivity index (χ1n) is 6.04. The van der Waals surface area contributed by atoms with Crippen LogP contribution in [0.15, 0.2) is 21.9 Å². The van der Waals surface area contributed by atoms with Gasteiger partial charge in [0.1, 0.15) is 0 Å². The topological polar surface area (TPSA) is 98.0 Å². The van der Waals surface area contributed by atoms with E-state index in [2.05, 4.69) is 5.32 Å². The molecule has 0 saturated carbocycles. The second-order valence-electron chi connectivity index (χ2n) is 3.85.